The van der Waals surface area contributed by atoms with Crippen molar-refractivity contribution in [3.63, 3.8) is 0 Å². The van der Waals surface area contributed by atoms with Crippen molar-refractivity contribution in [2.45, 2.75) is 64.1 Å². The van der Waals surface area contributed by atoms with Crippen LogP contribution in [-0.2, 0) is 19.7 Å². The van der Waals surface area contributed by atoms with Crippen LogP contribution in [0, 0.1) is 12.3 Å². The van der Waals surface area contributed by atoms with Crippen LogP contribution in [0.1, 0.15) is 50.8 Å². The Morgan fingerprint density at radius 1 is 1.11 bits per heavy atom. The Balaban J connectivity index is 1.79. The number of carbonyl (C=O) groups excluding carboxylic acids is 2. The second-order valence-electron chi connectivity index (χ2n) is 10.6. The number of rotatable bonds is 4. The predicted molar refractivity (Wildman–Crippen MR) is 125 cm³/mol. The number of ketones is 1. The highest BCUT2D eigenvalue weighted by Gasteiger charge is 2.73. The molecule has 10 heteroatoms. The smallest absolute Gasteiger partial charge is 0.376 e. The number of halogens is 3. The number of H-pyrrole nitrogens is 1. The van der Waals surface area contributed by atoms with Gasteiger partial charge < -0.3 is 9.64 Å². The van der Waals surface area contributed by atoms with Gasteiger partial charge >= 0.3 is 6.18 Å². The molecule has 1 N–H and O–H groups in total. The molecule has 7 nitrogen and oxygen atoms in total. The molecule has 1 saturated heterocycles. The number of benzene rings is 1. The SMILES string of the molecule is Cc1[nH]n(-c2ccccc2)c(=O)c1C1(C(F)(F)F)C(=O)N(CC2CCCO2)C2=C1C(=O)CC(C)(C)C2. The number of aromatic nitrogens is 2. The number of aromatic amines is 1. The molecule has 2 unspecified atom stereocenters. The van der Waals surface area contributed by atoms with Crippen LogP contribution in [0.4, 0.5) is 13.2 Å². The predicted octanol–water partition coefficient (Wildman–Crippen LogP) is 3.94. The van der Waals surface area contributed by atoms with Crippen molar-refractivity contribution >= 4 is 11.7 Å². The molecule has 192 valence electrons. The van der Waals surface area contributed by atoms with Crippen molar-refractivity contribution in [2.75, 3.05) is 13.2 Å². The number of nitrogens with zero attached hydrogens (tertiary/aromatic N) is 2. The largest absolute Gasteiger partial charge is 0.411 e. The summed E-state index contributed by atoms with van der Waals surface area (Å²) in [5, 5.41) is 2.71. The first-order chi connectivity index (χ1) is 16.9. The van der Waals surface area contributed by atoms with Crippen molar-refractivity contribution in [1.29, 1.82) is 0 Å². The van der Waals surface area contributed by atoms with Gasteiger partial charge in [0.1, 0.15) is 0 Å². The van der Waals surface area contributed by atoms with Crippen molar-refractivity contribution in [3.05, 3.63) is 63.2 Å². The molecular weight excluding hydrogens is 475 g/mol. The van der Waals surface area contributed by atoms with E-state index >= 15 is 13.2 Å². The van der Waals surface area contributed by atoms with Crippen LogP contribution in [0.5, 0.6) is 0 Å². The number of amides is 1. The number of para-hydroxylation sites is 1. The average molecular weight is 504 g/mol. The van der Waals surface area contributed by atoms with Gasteiger partial charge in [-0.15, -0.1) is 0 Å². The second kappa shape index (κ2) is 8.19. The van der Waals surface area contributed by atoms with Crippen LogP contribution in [0.3, 0.4) is 0 Å². The number of hydrogen-bond donors (Lipinski definition) is 1. The summed E-state index contributed by atoms with van der Waals surface area (Å²) in [6, 6.07) is 8.15. The van der Waals surface area contributed by atoms with Gasteiger partial charge in [-0.1, -0.05) is 32.0 Å². The zero-order valence-corrected chi connectivity index (χ0v) is 20.4. The highest BCUT2D eigenvalue weighted by molar-refractivity contribution is 6.13. The Bertz CT molecular complexity index is 1320. The fraction of sp³-hybridized carbons (Fsp3) is 0.500. The highest BCUT2D eigenvalue weighted by atomic mass is 19.4. The Morgan fingerprint density at radius 3 is 2.42 bits per heavy atom. The van der Waals surface area contributed by atoms with Gasteiger partial charge in [0, 0.05) is 30.0 Å². The van der Waals surface area contributed by atoms with Gasteiger partial charge in [0.05, 0.1) is 23.9 Å². The van der Waals surface area contributed by atoms with Crippen molar-refractivity contribution in [2.24, 2.45) is 5.41 Å². The van der Waals surface area contributed by atoms with E-state index in [1.807, 2.05) is 0 Å². The van der Waals surface area contributed by atoms with E-state index in [9.17, 15) is 14.4 Å². The van der Waals surface area contributed by atoms with E-state index in [0.717, 1.165) is 16.0 Å². The molecule has 1 fully saturated rings. The molecule has 2 aromatic rings. The van der Waals surface area contributed by atoms with E-state index in [0.29, 0.717) is 18.7 Å². The minimum atomic E-state index is -5.23. The summed E-state index contributed by atoms with van der Waals surface area (Å²) in [7, 11) is 0. The topological polar surface area (TPSA) is 84.4 Å². The lowest BCUT2D eigenvalue weighted by Crippen LogP contribution is -2.55. The third kappa shape index (κ3) is 3.48. The van der Waals surface area contributed by atoms with Crippen LogP contribution >= 0.6 is 0 Å². The molecule has 2 atom stereocenters. The Kier molecular flexibility index (Phi) is 5.59. The number of hydrogen-bond acceptors (Lipinski definition) is 4. The van der Waals surface area contributed by atoms with E-state index in [1.165, 1.54) is 6.92 Å². The summed E-state index contributed by atoms with van der Waals surface area (Å²) < 4.78 is 52.6. The number of ether oxygens (including phenoxy) is 1. The van der Waals surface area contributed by atoms with Crippen LogP contribution < -0.4 is 5.56 Å². The maximum Gasteiger partial charge on any atom is 0.411 e. The fourth-order valence-corrected chi connectivity index (χ4v) is 5.94. The molecule has 3 heterocycles. The molecule has 36 heavy (non-hydrogen) atoms. The first-order valence-electron chi connectivity index (χ1n) is 12.0. The molecule has 0 saturated carbocycles. The number of aryl methyl sites for hydroxylation is 1. The normalized spacial score (nSPS) is 26.2. The summed E-state index contributed by atoms with van der Waals surface area (Å²) in [4.78, 5) is 42.2. The molecule has 1 aromatic heterocycles. The zero-order valence-electron chi connectivity index (χ0n) is 20.4. The molecular formula is C26H28F3N3O4. The molecule has 0 radical (unpaired) electrons. The fourth-order valence-electron chi connectivity index (χ4n) is 5.94. The van der Waals surface area contributed by atoms with Gasteiger partial charge in [-0.05, 0) is 43.7 Å². The molecule has 3 aliphatic rings. The van der Waals surface area contributed by atoms with Crippen LogP contribution in [-0.4, -0.2) is 51.8 Å². The van der Waals surface area contributed by atoms with Crippen molar-refractivity contribution < 1.29 is 27.5 Å². The number of carbonyl (C=O) groups is 2. The molecule has 0 bridgehead atoms. The van der Waals surface area contributed by atoms with Gasteiger partial charge in [0.2, 0.25) is 5.41 Å². The third-order valence-electron chi connectivity index (χ3n) is 7.42. The summed E-state index contributed by atoms with van der Waals surface area (Å²) >= 11 is 0. The lowest BCUT2D eigenvalue weighted by atomic mass is 9.66. The van der Waals surface area contributed by atoms with Gasteiger partial charge in [-0.25, -0.2) is 4.68 Å². The number of allylic oxidation sites excluding steroid dienone is 1. The van der Waals surface area contributed by atoms with Gasteiger partial charge in [-0.2, -0.15) is 13.2 Å². The van der Waals surface area contributed by atoms with Gasteiger partial charge in [-0.3, -0.25) is 19.5 Å². The quantitative estimate of drug-likeness (QED) is 0.685. The third-order valence-corrected chi connectivity index (χ3v) is 7.42. The molecule has 2 aliphatic heterocycles. The molecule has 1 aromatic carbocycles. The first kappa shape index (κ1) is 24.5. The minimum absolute atomic E-state index is 0.0559. The highest BCUT2D eigenvalue weighted by Crippen LogP contribution is 2.57. The van der Waals surface area contributed by atoms with E-state index in [-0.39, 0.29) is 30.8 Å². The molecule has 5 rings (SSSR count). The summed E-state index contributed by atoms with van der Waals surface area (Å²) in [6.45, 7) is 5.29. The summed E-state index contributed by atoms with van der Waals surface area (Å²) in [5.41, 5.74) is -6.13. The van der Waals surface area contributed by atoms with Gasteiger partial charge in [0.15, 0.2) is 5.78 Å². The summed E-state index contributed by atoms with van der Waals surface area (Å²) in [6.07, 6.45) is -4.35. The first-order valence-corrected chi connectivity index (χ1v) is 12.0. The van der Waals surface area contributed by atoms with E-state index in [2.05, 4.69) is 5.10 Å². The lowest BCUT2D eigenvalue weighted by Gasteiger charge is -2.35. The van der Waals surface area contributed by atoms with Gasteiger partial charge in [0.25, 0.3) is 11.5 Å². The number of Topliss-reactive ketones (excluding diaryl/α,β-unsaturated/α-hetero) is 1. The Labute approximate surface area is 205 Å². The molecule has 0 spiro atoms. The Hall–Kier alpha value is -3.14. The van der Waals surface area contributed by atoms with E-state index in [1.54, 1.807) is 44.2 Å². The zero-order chi connectivity index (χ0) is 26.0. The molecule has 1 aliphatic carbocycles. The van der Waals surface area contributed by atoms with E-state index in [4.69, 9.17) is 4.74 Å². The standard InChI is InChI=1S/C26H28F3N3O4/c1-15-20(22(34)32(30-15)16-8-5-4-6-9-16)25(26(27,28)29)21-18(12-24(2,3)13-19(21)33)31(23(25)35)14-17-10-7-11-36-17/h4-6,8-9,17,30H,7,10-14H2,1-3H3. The van der Waals surface area contributed by atoms with E-state index < -0.39 is 51.5 Å². The Morgan fingerprint density at radius 2 is 1.81 bits per heavy atom. The average Bonchev–Trinajstić information content (AvgIpc) is 3.46. The minimum Gasteiger partial charge on any atom is -0.376 e. The van der Waals surface area contributed by atoms with Crippen LogP contribution in [0.25, 0.3) is 5.69 Å². The van der Waals surface area contributed by atoms with Crippen LogP contribution in [0.15, 0.2) is 46.4 Å². The second-order valence-corrected chi connectivity index (χ2v) is 10.6. The maximum atomic E-state index is 15.3. The maximum absolute atomic E-state index is 15.3. The number of nitrogens with one attached hydrogen (secondary N) is 1. The summed E-state index contributed by atoms with van der Waals surface area (Å²) in [5.74, 6) is -2.06. The number of alkyl halides is 3. The van der Waals surface area contributed by atoms with Crippen molar-refractivity contribution in [1.82, 2.24) is 14.7 Å². The van der Waals surface area contributed by atoms with Crippen LogP contribution in [0.2, 0.25) is 0 Å². The molecule has 1 amide bonds. The monoisotopic (exact) mass is 503 g/mol. The van der Waals surface area contributed by atoms with Crippen molar-refractivity contribution in [3.8, 4) is 5.69 Å². The lowest BCUT2D eigenvalue weighted by molar-refractivity contribution is -0.189.